The van der Waals surface area contributed by atoms with Crippen molar-refractivity contribution in [1.82, 2.24) is 24.3 Å². The molecule has 0 aliphatic carbocycles. The Morgan fingerprint density at radius 3 is 2.68 bits per heavy atom. The number of nitrogens with zero attached hydrogens (tertiary/aromatic N) is 4. The summed E-state index contributed by atoms with van der Waals surface area (Å²) in [5.74, 6) is 0.834. The second-order valence-electron chi connectivity index (χ2n) is 7.11. The summed E-state index contributed by atoms with van der Waals surface area (Å²) in [5.41, 5.74) is 4.46. The highest BCUT2D eigenvalue weighted by Crippen LogP contribution is 2.26. The number of pyridine rings is 1. The average Bonchev–Trinajstić information content (AvgIpc) is 3.28. The molecule has 3 heterocycles. The molecule has 31 heavy (non-hydrogen) atoms. The van der Waals surface area contributed by atoms with Crippen LogP contribution in [0.25, 0.3) is 28.3 Å². The van der Waals surface area contributed by atoms with E-state index in [1.807, 2.05) is 53.5 Å². The van der Waals surface area contributed by atoms with Crippen molar-refractivity contribution in [2.75, 3.05) is 11.9 Å². The third kappa shape index (κ3) is 4.52. The third-order valence-electron chi connectivity index (χ3n) is 4.63. The summed E-state index contributed by atoms with van der Waals surface area (Å²) < 4.78 is 40.6. The average molecular weight is 428 g/mol. The lowest BCUT2D eigenvalue weighted by Crippen LogP contribution is -2.36. The number of aryl methyl sites for hydroxylation is 2. The summed E-state index contributed by atoms with van der Waals surface area (Å²) in [4.78, 5) is 20.7. The van der Waals surface area contributed by atoms with Gasteiger partial charge >= 0.3 is 12.2 Å². The molecule has 2 N–H and O–H groups in total. The number of carbonyl (C=O) groups is 1. The van der Waals surface area contributed by atoms with Crippen LogP contribution < -0.4 is 10.6 Å². The van der Waals surface area contributed by atoms with Crippen LogP contribution in [0, 0.1) is 6.92 Å². The second-order valence-corrected chi connectivity index (χ2v) is 7.11. The van der Waals surface area contributed by atoms with Crippen LogP contribution in [0.3, 0.4) is 0 Å². The molecule has 7 nitrogen and oxygen atoms in total. The van der Waals surface area contributed by atoms with E-state index in [4.69, 9.17) is 0 Å². The number of anilines is 1. The van der Waals surface area contributed by atoms with E-state index in [1.165, 1.54) is 0 Å². The SMILES string of the molecule is Cc1cn(C)c(-c2ccn3c(-c4cccc(NC(=O)NCC(F)(F)F)c4)cnc3c2)n1. The molecule has 0 unspecified atom stereocenters. The summed E-state index contributed by atoms with van der Waals surface area (Å²) in [6, 6.07) is 9.75. The van der Waals surface area contributed by atoms with Crippen molar-refractivity contribution in [2.45, 2.75) is 13.1 Å². The van der Waals surface area contributed by atoms with Gasteiger partial charge in [-0.2, -0.15) is 13.2 Å². The third-order valence-corrected chi connectivity index (χ3v) is 4.63. The number of fused-ring (bicyclic) bond motifs is 1. The van der Waals surface area contributed by atoms with Crippen LogP contribution in [0.5, 0.6) is 0 Å². The van der Waals surface area contributed by atoms with Crippen molar-refractivity contribution in [2.24, 2.45) is 7.05 Å². The number of imidazole rings is 2. The minimum absolute atomic E-state index is 0.368. The molecule has 160 valence electrons. The number of alkyl halides is 3. The Kier molecular flexibility index (Phi) is 5.14. The molecular formula is C21H19F3N6O. The maximum absolute atomic E-state index is 12.3. The lowest BCUT2D eigenvalue weighted by Gasteiger charge is -2.11. The highest BCUT2D eigenvalue weighted by atomic mass is 19.4. The van der Waals surface area contributed by atoms with Crippen molar-refractivity contribution in [3.05, 3.63) is 60.7 Å². The van der Waals surface area contributed by atoms with E-state index in [2.05, 4.69) is 15.3 Å². The smallest absolute Gasteiger partial charge is 0.334 e. The van der Waals surface area contributed by atoms with Gasteiger partial charge < -0.3 is 15.2 Å². The Hall–Kier alpha value is -3.82. The highest BCUT2D eigenvalue weighted by Gasteiger charge is 2.27. The van der Waals surface area contributed by atoms with Gasteiger partial charge in [0.2, 0.25) is 0 Å². The summed E-state index contributed by atoms with van der Waals surface area (Å²) in [7, 11) is 1.93. The number of hydrogen-bond acceptors (Lipinski definition) is 3. The van der Waals surface area contributed by atoms with Crippen molar-refractivity contribution in [3.8, 4) is 22.6 Å². The van der Waals surface area contributed by atoms with Crippen LogP contribution in [0.2, 0.25) is 0 Å². The zero-order chi connectivity index (χ0) is 22.2. The summed E-state index contributed by atoms with van der Waals surface area (Å²) in [5, 5.41) is 4.20. The minimum Gasteiger partial charge on any atom is -0.334 e. The van der Waals surface area contributed by atoms with Gasteiger partial charge in [0.1, 0.15) is 18.0 Å². The fraction of sp³-hybridized carbons (Fsp3) is 0.190. The zero-order valence-electron chi connectivity index (χ0n) is 16.7. The van der Waals surface area contributed by atoms with Crippen LogP contribution in [0.1, 0.15) is 5.69 Å². The number of benzene rings is 1. The normalized spacial score (nSPS) is 11.6. The van der Waals surface area contributed by atoms with E-state index >= 15 is 0 Å². The number of rotatable bonds is 4. The highest BCUT2D eigenvalue weighted by molar-refractivity contribution is 5.90. The lowest BCUT2D eigenvalue weighted by molar-refractivity contribution is -0.122. The van der Waals surface area contributed by atoms with Gasteiger partial charge in [0, 0.05) is 36.3 Å². The fourth-order valence-corrected chi connectivity index (χ4v) is 3.33. The van der Waals surface area contributed by atoms with Gasteiger partial charge in [0.25, 0.3) is 0 Å². The first kappa shape index (κ1) is 20.5. The van der Waals surface area contributed by atoms with E-state index in [0.717, 1.165) is 34.0 Å². The Morgan fingerprint density at radius 2 is 1.97 bits per heavy atom. The largest absolute Gasteiger partial charge is 0.405 e. The summed E-state index contributed by atoms with van der Waals surface area (Å²) in [6.07, 6.45) is 1.06. The molecule has 0 aliphatic rings. The Bertz CT molecular complexity index is 1260. The number of carbonyl (C=O) groups excluding carboxylic acids is 1. The van der Waals surface area contributed by atoms with Gasteiger partial charge in [0.15, 0.2) is 0 Å². The number of aromatic nitrogens is 4. The molecule has 4 aromatic rings. The predicted octanol–water partition coefficient (Wildman–Crippen LogP) is 4.39. The molecule has 4 rings (SSSR count). The molecule has 3 aromatic heterocycles. The van der Waals surface area contributed by atoms with Gasteiger partial charge in [-0.1, -0.05) is 12.1 Å². The molecule has 0 aliphatic heterocycles. The number of hydrogen-bond donors (Lipinski definition) is 2. The lowest BCUT2D eigenvalue weighted by atomic mass is 10.1. The predicted molar refractivity (Wildman–Crippen MR) is 111 cm³/mol. The van der Waals surface area contributed by atoms with Crippen molar-refractivity contribution < 1.29 is 18.0 Å². The molecule has 0 spiro atoms. The van der Waals surface area contributed by atoms with E-state index in [-0.39, 0.29) is 0 Å². The van der Waals surface area contributed by atoms with Gasteiger partial charge in [-0.3, -0.25) is 4.40 Å². The summed E-state index contributed by atoms with van der Waals surface area (Å²) in [6.45, 7) is 0.531. The number of urea groups is 1. The van der Waals surface area contributed by atoms with E-state index in [0.29, 0.717) is 5.69 Å². The topological polar surface area (TPSA) is 76.2 Å². The molecule has 0 atom stereocenters. The van der Waals surface area contributed by atoms with E-state index < -0.39 is 18.8 Å². The minimum atomic E-state index is -4.47. The number of halogens is 3. The van der Waals surface area contributed by atoms with E-state index in [1.54, 1.807) is 29.7 Å². The number of nitrogens with one attached hydrogen (secondary N) is 2. The maximum Gasteiger partial charge on any atom is 0.405 e. The van der Waals surface area contributed by atoms with Crippen LogP contribution >= 0.6 is 0 Å². The first-order valence-corrected chi connectivity index (χ1v) is 9.39. The first-order chi connectivity index (χ1) is 14.7. The zero-order valence-corrected chi connectivity index (χ0v) is 16.7. The number of amides is 2. The first-order valence-electron chi connectivity index (χ1n) is 9.39. The van der Waals surface area contributed by atoms with E-state index in [9.17, 15) is 18.0 Å². The monoisotopic (exact) mass is 428 g/mol. The standard InChI is InChI=1S/C21H19F3N6O/c1-13-11-29(2)19(27-13)15-6-7-30-17(10-25-18(30)9-15)14-4-3-5-16(8-14)28-20(31)26-12-21(22,23)24/h3-11H,12H2,1-2H3,(H2,26,28,31). The maximum atomic E-state index is 12.3. The van der Waals surface area contributed by atoms with Gasteiger partial charge in [-0.15, -0.1) is 0 Å². The van der Waals surface area contributed by atoms with Crippen LogP contribution in [0.4, 0.5) is 23.7 Å². The Labute approximate surface area is 175 Å². The molecule has 0 saturated carbocycles. The summed E-state index contributed by atoms with van der Waals surface area (Å²) >= 11 is 0. The van der Waals surface area contributed by atoms with Crippen molar-refractivity contribution >= 4 is 17.4 Å². The van der Waals surface area contributed by atoms with Crippen LogP contribution in [-0.2, 0) is 7.05 Å². The molecule has 2 amide bonds. The molecular weight excluding hydrogens is 409 g/mol. The molecule has 0 bridgehead atoms. The molecule has 10 heteroatoms. The van der Waals surface area contributed by atoms with Gasteiger partial charge in [0.05, 0.1) is 17.6 Å². The fourth-order valence-electron chi connectivity index (χ4n) is 3.33. The molecule has 1 aromatic carbocycles. The van der Waals surface area contributed by atoms with Gasteiger partial charge in [-0.05, 0) is 31.2 Å². The van der Waals surface area contributed by atoms with Crippen molar-refractivity contribution in [1.29, 1.82) is 0 Å². The van der Waals surface area contributed by atoms with Crippen LogP contribution in [-0.4, -0.2) is 37.7 Å². The van der Waals surface area contributed by atoms with Crippen molar-refractivity contribution in [3.63, 3.8) is 0 Å². The Morgan fingerprint density at radius 1 is 1.16 bits per heavy atom. The Balaban J connectivity index is 1.58. The quantitative estimate of drug-likeness (QED) is 0.506. The second kappa shape index (κ2) is 7.78. The molecule has 0 radical (unpaired) electrons. The van der Waals surface area contributed by atoms with Gasteiger partial charge in [-0.25, -0.2) is 14.8 Å². The van der Waals surface area contributed by atoms with Crippen LogP contribution in [0.15, 0.2) is 55.0 Å². The molecule has 0 fully saturated rings. The molecule has 0 saturated heterocycles.